The fraction of sp³-hybridized carbons (Fsp3) is 0.353. The van der Waals surface area contributed by atoms with E-state index in [4.69, 9.17) is 18.0 Å². The predicted molar refractivity (Wildman–Crippen MR) is 92.9 cm³/mol. The molecule has 22 heavy (non-hydrogen) atoms. The number of anilines is 2. The Morgan fingerprint density at radius 1 is 1.05 bits per heavy atom. The highest BCUT2D eigenvalue weighted by molar-refractivity contribution is 7.80. The zero-order valence-corrected chi connectivity index (χ0v) is 13.1. The van der Waals surface area contributed by atoms with E-state index in [-0.39, 0.29) is 5.41 Å². The van der Waals surface area contributed by atoms with Crippen molar-refractivity contribution in [3.8, 4) is 11.1 Å². The number of fused-ring (bicyclic) bond motifs is 2. The van der Waals surface area contributed by atoms with Gasteiger partial charge in [-0.2, -0.15) is 0 Å². The summed E-state index contributed by atoms with van der Waals surface area (Å²) in [5.41, 5.74) is 10.2. The molecule has 1 fully saturated rings. The number of aromatic nitrogens is 2. The Morgan fingerprint density at radius 2 is 1.77 bits per heavy atom. The van der Waals surface area contributed by atoms with E-state index in [9.17, 15) is 0 Å². The Bertz CT molecular complexity index is 733. The van der Waals surface area contributed by atoms with Crippen molar-refractivity contribution in [2.45, 2.75) is 37.5 Å². The number of hydrogen-bond donors (Lipinski definition) is 2. The lowest BCUT2D eigenvalue weighted by atomic mass is 9.70. The Labute approximate surface area is 135 Å². The van der Waals surface area contributed by atoms with Crippen molar-refractivity contribution in [1.29, 1.82) is 0 Å². The van der Waals surface area contributed by atoms with E-state index in [1.807, 2.05) is 0 Å². The first-order valence-corrected chi connectivity index (χ1v) is 8.14. The summed E-state index contributed by atoms with van der Waals surface area (Å²) in [6.45, 7) is 0. The zero-order valence-electron chi connectivity index (χ0n) is 12.3. The van der Waals surface area contributed by atoms with E-state index in [0.717, 1.165) is 34.6 Å². The molecular formula is C17H18N4S. The summed E-state index contributed by atoms with van der Waals surface area (Å²) in [7, 11) is 0. The SMILES string of the molecule is Nc1ncc(-c2ccc3c(c2)C2(CCCCC2)C(=S)N3)cn1. The maximum Gasteiger partial charge on any atom is 0.219 e. The molecule has 0 radical (unpaired) electrons. The Morgan fingerprint density at radius 3 is 2.50 bits per heavy atom. The van der Waals surface area contributed by atoms with E-state index < -0.39 is 0 Å². The molecule has 1 aliphatic heterocycles. The second-order valence-electron chi connectivity index (χ2n) is 6.19. The average Bonchev–Trinajstić information content (AvgIpc) is 2.81. The van der Waals surface area contributed by atoms with E-state index in [0.29, 0.717) is 5.95 Å². The van der Waals surface area contributed by atoms with Crippen LogP contribution in [0.3, 0.4) is 0 Å². The summed E-state index contributed by atoms with van der Waals surface area (Å²) >= 11 is 5.68. The highest BCUT2D eigenvalue weighted by atomic mass is 32.1. The molecule has 4 nitrogen and oxygen atoms in total. The van der Waals surface area contributed by atoms with Crippen molar-refractivity contribution in [3.05, 3.63) is 36.2 Å². The number of benzene rings is 1. The first-order valence-electron chi connectivity index (χ1n) is 7.73. The van der Waals surface area contributed by atoms with Crippen LogP contribution < -0.4 is 11.1 Å². The number of nitrogen functional groups attached to an aromatic ring is 1. The van der Waals surface area contributed by atoms with Gasteiger partial charge in [-0.25, -0.2) is 9.97 Å². The Balaban J connectivity index is 1.81. The van der Waals surface area contributed by atoms with Gasteiger partial charge < -0.3 is 11.1 Å². The number of nitrogens with two attached hydrogens (primary N) is 1. The summed E-state index contributed by atoms with van der Waals surface area (Å²) in [6, 6.07) is 6.46. The van der Waals surface area contributed by atoms with Gasteiger partial charge in [0.15, 0.2) is 0 Å². The van der Waals surface area contributed by atoms with Crippen LogP contribution in [0.15, 0.2) is 30.6 Å². The van der Waals surface area contributed by atoms with Gasteiger partial charge in [-0.05, 0) is 36.1 Å². The number of nitrogens with one attached hydrogen (secondary N) is 1. The van der Waals surface area contributed by atoms with Crippen LogP contribution in [-0.4, -0.2) is 15.0 Å². The third kappa shape index (κ3) is 2.00. The topological polar surface area (TPSA) is 63.8 Å². The van der Waals surface area contributed by atoms with Crippen molar-refractivity contribution in [2.24, 2.45) is 0 Å². The molecule has 2 heterocycles. The van der Waals surface area contributed by atoms with E-state index >= 15 is 0 Å². The molecule has 5 heteroatoms. The monoisotopic (exact) mass is 310 g/mol. The molecule has 3 N–H and O–H groups in total. The first kappa shape index (κ1) is 13.6. The van der Waals surface area contributed by atoms with Gasteiger partial charge in [-0.15, -0.1) is 0 Å². The highest BCUT2D eigenvalue weighted by Gasteiger charge is 2.44. The van der Waals surface area contributed by atoms with Crippen molar-refractivity contribution in [2.75, 3.05) is 11.1 Å². The minimum atomic E-state index is 0.0353. The second-order valence-corrected chi connectivity index (χ2v) is 6.60. The van der Waals surface area contributed by atoms with Gasteiger partial charge in [0.05, 0.1) is 4.99 Å². The summed E-state index contributed by atoms with van der Waals surface area (Å²) in [6.07, 6.45) is 9.65. The van der Waals surface area contributed by atoms with Crippen LogP contribution in [0.1, 0.15) is 37.7 Å². The average molecular weight is 310 g/mol. The molecule has 0 atom stereocenters. The molecule has 0 bridgehead atoms. The molecule has 2 aliphatic rings. The van der Waals surface area contributed by atoms with Crippen molar-refractivity contribution in [1.82, 2.24) is 9.97 Å². The van der Waals surface area contributed by atoms with Crippen molar-refractivity contribution < 1.29 is 0 Å². The minimum absolute atomic E-state index is 0.0353. The maximum absolute atomic E-state index is 5.68. The number of nitrogens with zero attached hydrogens (tertiary/aromatic N) is 2. The zero-order chi connectivity index (χ0) is 15.2. The quantitative estimate of drug-likeness (QED) is 0.787. The lowest BCUT2D eigenvalue weighted by Crippen LogP contribution is -2.35. The third-order valence-electron chi connectivity index (χ3n) is 4.93. The van der Waals surface area contributed by atoms with Gasteiger partial charge in [-0.3, -0.25) is 0 Å². The molecule has 2 aromatic rings. The Hall–Kier alpha value is -2.01. The Kier molecular flexibility index (Phi) is 3.11. The maximum atomic E-state index is 5.68. The van der Waals surface area contributed by atoms with Crippen LogP contribution in [0.25, 0.3) is 11.1 Å². The second kappa shape index (κ2) is 5.02. The molecule has 0 unspecified atom stereocenters. The first-order chi connectivity index (χ1) is 10.7. The van der Waals surface area contributed by atoms with Crippen LogP contribution in [-0.2, 0) is 5.41 Å². The van der Waals surface area contributed by atoms with Gasteiger partial charge in [0.2, 0.25) is 5.95 Å². The third-order valence-corrected chi connectivity index (χ3v) is 5.42. The van der Waals surface area contributed by atoms with Gasteiger partial charge in [0.25, 0.3) is 0 Å². The summed E-state index contributed by atoms with van der Waals surface area (Å²) in [5.74, 6) is 0.302. The van der Waals surface area contributed by atoms with Crippen LogP contribution in [0.2, 0.25) is 0 Å². The van der Waals surface area contributed by atoms with Gasteiger partial charge in [0, 0.05) is 29.1 Å². The fourth-order valence-corrected chi connectivity index (χ4v) is 4.16. The van der Waals surface area contributed by atoms with Crippen LogP contribution in [0.5, 0.6) is 0 Å². The molecule has 4 rings (SSSR count). The van der Waals surface area contributed by atoms with Gasteiger partial charge in [0.1, 0.15) is 0 Å². The number of rotatable bonds is 1. The molecule has 112 valence electrons. The lowest BCUT2D eigenvalue weighted by Gasteiger charge is -2.33. The summed E-state index contributed by atoms with van der Waals surface area (Å²) in [5, 5.41) is 3.43. The van der Waals surface area contributed by atoms with Gasteiger partial charge >= 0.3 is 0 Å². The van der Waals surface area contributed by atoms with E-state index in [1.54, 1.807) is 12.4 Å². The predicted octanol–water partition coefficient (Wildman–Crippen LogP) is 3.68. The molecule has 0 amide bonds. The van der Waals surface area contributed by atoms with Crippen LogP contribution in [0.4, 0.5) is 11.6 Å². The molecular weight excluding hydrogens is 292 g/mol. The van der Waals surface area contributed by atoms with Crippen LogP contribution >= 0.6 is 12.2 Å². The van der Waals surface area contributed by atoms with Crippen molar-refractivity contribution >= 4 is 28.8 Å². The molecule has 1 spiro atoms. The molecule has 0 saturated heterocycles. The van der Waals surface area contributed by atoms with Crippen LogP contribution in [0, 0.1) is 0 Å². The van der Waals surface area contributed by atoms with Crippen molar-refractivity contribution in [3.63, 3.8) is 0 Å². The number of thiocarbonyl (C=S) groups is 1. The standard InChI is InChI=1S/C17H18N4S/c18-16-19-9-12(10-20-16)11-4-5-14-13(8-11)17(15(22)21-14)6-2-1-3-7-17/h4-5,8-10H,1-3,6-7H2,(H,21,22)(H2,18,19,20). The largest absolute Gasteiger partial charge is 0.368 e. The van der Waals surface area contributed by atoms with Gasteiger partial charge in [-0.1, -0.05) is 37.5 Å². The molecule has 1 aromatic heterocycles. The lowest BCUT2D eigenvalue weighted by molar-refractivity contribution is 0.389. The normalized spacial score (nSPS) is 19.0. The molecule has 1 aromatic carbocycles. The fourth-order valence-electron chi connectivity index (χ4n) is 3.73. The summed E-state index contributed by atoms with van der Waals surface area (Å²) < 4.78 is 0. The number of hydrogen-bond acceptors (Lipinski definition) is 4. The highest BCUT2D eigenvalue weighted by Crippen LogP contribution is 2.48. The van der Waals surface area contributed by atoms with E-state index in [2.05, 4.69) is 33.5 Å². The smallest absolute Gasteiger partial charge is 0.219 e. The minimum Gasteiger partial charge on any atom is -0.368 e. The molecule has 1 aliphatic carbocycles. The van der Waals surface area contributed by atoms with E-state index in [1.165, 1.54) is 24.8 Å². The molecule has 1 saturated carbocycles. The summed E-state index contributed by atoms with van der Waals surface area (Å²) in [4.78, 5) is 9.18.